The molecule has 1 rings (SSSR count). The summed E-state index contributed by atoms with van der Waals surface area (Å²) in [6.45, 7) is 2.18. The van der Waals surface area contributed by atoms with Gasteiger partial charge in [-0.3, -0.25) is 0 Å². The molecule has 0 aliphatic rings. The summed E-state index contributed by atoms with van der Waals surface area (Å²) in [6.07, 6.45) is 3.51. The maximum Gasteiger partial charge on any atom is 0.0464 e. The summed E-state index contributed by atoms with van der Waals surface area (Å²) in [6, 6.07) is 5.65. The Labute approximate surface area is 104 Å². The molecule has 1 unspecified atom stereocenters. The van der Waals surface area contributed by atoms with E-state index in [4.69, 9.17) is 23.2 Å². The molecule has 0 saturated heterocycles. The van der Waals surface area contributed by atoms with Crippen LogP contribution in [0, 0.1) is 0 Å². The average Bonchev–Trinajstić information content (AvgIpc) is 2.14. The van der Waals surface area contributed by atoms with E-state index in [1.54, 1.807) is 6.07 Å². The van der Waals surface area contributed by atoms with Gasteiger partial charge in [0, 0.05) is 14.9 Å². The standard InChI is InChI=1S/C11H13BrCl2/c1-2-3-4-10(12)9-6-5-8(13)7-11(9)14/h5-7,10H,2-4H2,1H3. The fraction of sp³-hybridized carbons (Fsp3) is 0.455. The third-order valence-corrected chi connectivity index (χ3v) is 3.62. The van der Waals surface area contributed by atoms with Crippen LogP contribution in [-0.2, 0) is 0 Å². The summed E-state index contributed by atoms with van der Waals surface area (Å²) in [5.41, 5.74) is 1.13. The number of hydrogen-bond donors (Lipinski definition) is 0. The van der Waals surface area contributed by atoms with E-state index >= 15 is 0 Å². The van der Waals surface area contributed by atoms with Crippen molar-refractivity contribution in [3.05, 3.63) is 33.8 Å². The molecule has 0 amide bonds. The third-order valence-electron chi connectivity index (χ3n) is 2.11. The molecule has 0 aromatic heterocycles. The van der Waals surface area contributed by atoms with Crippen LogP contribution >= 0.6 is 39.1 Å². The fourth-order valence-corrected chi connectivity index (χ4v) is 2.69. The molecule has 14 heavy (non-hydrogen) atoms. The zero-order valence-corrected chi connectivity index (χ0v) is 11.2. The van der Waals surface area contributed by atoms with Crippen LogP contribution in [-0.4, -0.2) is 0 Å². The number of hydrogen-bond acceptors (Lipinski definition) is 0. The maximum absolute atomic E-state index is 6.09. The highest BCUT2D eigenvalue weighted by molar-refractivity contribution is 9.09. The van der Waals surface area contributed by atoms with Crippen molar-refractivity contribution >= 4 is 39.1 Å². The van der Waals surface area contributed by atoms with E-state index < -0.39 is 0 Å². The van der Waals surface area contributed by atoms with Gasteiger partial charge in [0.25, 0.3) is 0 Å². The highest BCUT2D eigenvalue weighted by atomic mass is 79.9. The second kappa shape index (κ2) is 5.99. The summed E-state index contributed by atoms with van der Waals surface area (Å²) in [4.78, 5) is 0.340. The molecule has 0 aliphatic heterocycles. The molecular weight excluding hydrogens is 283 g/mol. The van der Waals surface area contributed by atoms with Crippen LogP contribution in [0.15, 0.2) is 18.2 Å². The number of alkyl halides is 1. The first-order valence-electron chi connectivity index (χ1n) is 4.74. The summed E-state index contributed by atoms with van der Waals surface area (Å²) < 4.78 is 0. The SMILES string of the molecule is CCCCC(Br)c1ccc(Cl)cc1Cl. The van der Waals surface area contributed by atoms with Gasteiger partial charge in [-0.2, -0.15) is 0 Å². The molecule has 0 N–H and O–H groups in total. The van der Waals surface area contributed by atoms with E-state index in [1.807, 2.05) is 12.1 Å². The van der Waals surface area contributed by atoms with Crippen LogP contribution in [0.25, 0.3) is 0 Å². The number of benzene rings is 1. The zero-order chi connectivity index (χ0) is 10.6. The molecule has 0 bridgehead atoms. The Hall–Kier alpha value is 0.280. The van der Waals surface area contributed by atoms with Gasteiger partial charge < -0.3 is 0 Å². The summed E-state index contributed by atoms with van der Waals surface area (Å²) in [5, 5.41) is 1.43. The molecule has 0 heterocycles. The number of unbranched alkanes of at least 4 members (excludes halogenated alkanes) is 1. The molecule has 78 valence electrons. The molecule has 1 aromatic carbocycles. The Kier molecular flexibility index (Phi) is 5.29. The third kappa shape index (κ3) is 3.45. The van der Waals surface area contributed by atoms with Crippen LogP contribution in [0.2, 0.25) is 10.0 Å². The van der Waals surface area contributed by atoms with Gasteiger partial charge in [-0.15, -0.1) is 0 Å². The van der Waals surface area contributed by atoms with E-state index in [1.165, 1.54) is 12.8 Å². The quantitative estimate of drug-likeness (QED) is 0.632. The summed E-state index contributed by atoms with van der Waals surface area (Å²) >= 11 is 15.5. The number of halogens is 3. The Morgan fingerprint density at radius 3 is 2.64 bits per heavy atom. The van der Waals surface area contributed by atoms with Gasteiger partial charge in [0.05, 0.1) is 0 Å². The van der Waals surface area contributed by atoms with Crippen LogP contribution in [0.1, 0.15) is 36.6 Å². The monoisotopic (exact) mass is 294 g/mol. The second-order valence-corrected chi connectivity index (χ2v) is 5.22. The summed E-state index contributed by atoms with van der Waals surface area (Å²) in [5.74, 6) is 0. The first-order chi connectivity index (χ1) is 6.65. The zero-order valence-electron chi connectivity index (χ0n) is 8.06. The van der Waals surface area contributed by atoms with E-state index in [0.29, 0.717) is 9.85 Å². The molecular formula is C11H13BrCl2. The van der Waals surface area contributed by atoms with Crippen molar-refractivity contribution in [1.29, 1.82) is 0 Å². The molecule has 1 aromatic rings. The van der Waals surface area contributed by atoms with Crippen molar-refractivity contribution in [2.45, 2.75) is 31.0 Å². The molecule has 0 aliphatic carbocycles. The van der Waals surface area contributed by atoms with Gasteiger partial charge in [-0.1, -0.05) is 65.0 Å². The molecule has 0 nitrogen and oxygen atoms in total. The lowest BCUT2D eigenvalue weighted by atomic mass is 10.1. The van der Waals surface area contributed by atoms with Crippen molar-refractivity contribution in [3.8, 4) is 0 Å². The summed E-state index contributed by atoms with van der Waals surface area (Å²) in [7, 11) is 0. The Bertz CT molecular complexity index is 299. The van der Waals surface area contributed by atoms with Gasteiger partial charge in [-0.25, -0.2) is 0 Å². The Morgan fingerprint density at radius 1 is 1.36 bits per heavy atom. The maximum atomic E-state index is 6.09. The predicted molar refractivity (Wildman–Crippen MR) is 67.7 cm³/mol. The van der Waals surface area contributed by atoms with Crippen LogP contribution in [0.3, 0.4) is 0 Å². The molecule has 0 spiro atoms. The highest BCUT2D eigenvalue weighted by Crippen LogP contribution is 2.34. The van der Waals surface area contributed by atoms with E-state index in [2.05, 4.69) is 22.9 Å². The molecule has 0 saturated carbocycles. The first-order valence-corrected chi connectivity index (χ1v) is 6.41. The first kappa shape index (κ1) is 12.4. The largest absolute Gasteiger partial charge is 0.0843 e. The van der Waals surface area contributed by atoms with E-state index in [-0.39, 0.29) is 0 Å². The smallest absolute Gasteiger partial charge is 0.0464 e. The molecule has 0 radical (unpaired) electrons. The number of rotatable bonds is 4. The van der Waals surface area contributed by atoms with E-state index in [0.717, 1.165) is 17.0 Å². The fourth-order valence-electron chi connectivity index (χ4n) is 1.29. The van der Waals surface area contributed by atoms with Gasteiger partial charge >= 0.3 is 0 Å². The second-order valence-electron chi connectivity index (χ2n) is 3.28. The van der Waals surface area contributed by atoms with Gasteiger partial charge in [-0.05, 0) is 24.1 Å². The van der Waals surface area contributed by atoms with Crippen molar-refractivity contribution < 1.29 is 0 Å². The van der Waals surface area contributed by atoms with Gasteiger partial charge in [0.15, 0.2) is 0 Å². The van der Waals surface area contributed by atoms with Crippen LogP contribution < -0.4 is 0 Å². The Morgan fingerprint density at radius 2 is 2.07 bits per heavy atom. The van der Waals surface area contributed by atoms with Gasteiger partial charge in [0.1, 0.15) is 0 Å². The predicted octanol–water partition coefficient (Wildman–Crippen LogP) is 5.62. The lowest BCUT2D eigenvalue weighted by Crippen LogP contribution is -1.91. The normalized spacial score (nSPS) is 12.9. The molecule has 1 atom stereocenters. The molecule has 3 heteroatoms. The van der Waals surface area contributed by atoms with Crippen molar-refractivity contribution in [3.63, 3.8) is 0 Å². The Balaban J connectivity index is 2.74. The van der Waals surface area contributed by atoms with E-state index in [9.17, 15) is 0 Å². The topological polar surface area (TPSA) is 0 Å². The minimum Gasteiger partial charge on any atom is -0.0843 e. The van der Waals surface area contributed by atoms with Gasteiger partial charge in [0.2, 0.25) is 0 Å². The molecule has 0 fully saturated rings. The lowest BCUT2D eigenvalue weighted by Gasteiger charge is -2.11. The van der Waals surface area contributed by atoms with Crippen LogP contribution in [0.5, 0.6) is 0 Å². The minimum absolute atomic E-state index is 0.340. The van der Waals surface area contributed by atoms with Crippen LogP contribution in [0.4, 0.5) is 0 Å². The van der Waals surface area contributed by atoms with Crippen molar-refractivity contribution in [2.75, 3.05) is 0 Å². The highest BCUT2D eigenvalue weighted by Gasteiger charge is 2.10. The van der Waals surface area contributed by atoms with Crippen molar-refractivity contribution in [1.82, 2.24) is 0 Å². The average molecular weight is 296 g/mol. The minimum atomic E-state index is 0.340. The van der Waals surface area contributed by atoms with Crippen molar-refractivity contribution in [2.24, 2.45) is 0 Å². The lowest BCUT2D eigenvalue weighted by molar-refractivity contribution is 0.713.